The number of nitrogens with zero attached hydrogens (tertiary/aromatic N) is 2. The van der Waals surface area contributed by atoms with E-state index in [2.05, 4.69) is 17.1 Å². The third kappa shape index (κ3) is 4.32. The predicted octanol–water partition coefficient (Wildman–Crippen LogP) is 4.19. The molecule has 1 aliphatic heterocycles. The number of benzene rings is 3. The molecule has 5 nitrogen and oxygen atoms in total. The van der Waals surface area contributed by atoms with Gasteiger partial charge in [0.2, 0.25) is 0 Å². The van der Waals surface area contributed by atoms with Crippen molar-refractivity contribution in [1.82, 2.24) is 9.88 Å². The Labute approximate surface area is 199 Å². The Morgan fingerprint density at radius 3 is 2.29 bits per heavy atom. The molecule has 0 saturated carbocycles. The van der Waals surface area contributed by atoms with Gasteiger partial charge in [-0.25, -0.2) is 0 Å². The zero-order valence-corrected chi connectivity index (χ0v) is 19.0. The van der Waals surface area contributed by atoms with E-state index in [9.17, 15) is 9.90 Å². The van der Waals surface area contributed by atoms with Crippen LogP contribution in [0.4, 0.5) is 0 Å². The second-order valence-corrected chi connectivity index (χ2v) is 8.86. The van der Waals surface area contributed by atoms with Crippen LogP contribution in [0.5, 0.6) is 0 Å². The van der Waals surface area contributed by atoms with Gasteiger partial charge in [-0.2, -0.15) is 0 Å². The molecule has 3 aromatic carbocycles. The summed E-state index contributed by atoms with van der Waals surface area (Å²) in [7, 11) is 0. The van der Waals surface area contributed by atoms with Crippen LogP contribution in [0.2, 0.25) is 0 Å². The van der Waals surface area contributed by atoms with Gasteiger partial charge < -0.3 is 14.7 Å². The zero-order chi connectivity index (χ0) is 23.4. The van der Waals surface area contributed by atoms with Crippen molar-refractivity contribution in [2.75, 3.05) is 26.3 Å². The molecule has 2 heterocycles. The molecule has 172 valence electrons. The number of carbonyl (C=O) groups is 1. The van der Waals surface area contributed by atoms with E-state index in [-0.39, 0.29) is 11.8 Å². The SMILES string of the molecule is O=C(N1CCOC[C@H](Cc2cncc3ccccc23)C1)C(O)(c1ccccc1)c1ccccc1. The third-order valence-corrected chi connectivity index (χ3v) is 6.58. The lowest BCUT2D eigenvalue weighted by Gasteiger charge is -2.34. The van der Waals surface area contributed by atoms with Gasteiger partial charge in [-0.1, -0.05) is 84.9 Å². The normalized spacial score (nSPS) is 16.9. The van der Waals surface area contributed by atoms with Crippen molar-refractivity contribution in [3.8, 4) is 0 Å². The fraction of sp³-hybridized carbons (Fsp3) is 0.241. The first kappa shape index (κ1) is 22.3. The quantitative estimate of drug-likeness (QED) is 0.493. The summed E-state index contributed by atoms with van der Waals surface area (Å²) in [6.45, 7) is 1.94. The molecule has 0 radical (unpaired) electrons. The molecule has 5 rings (SSSR count). The van der Waals surface area contributed by atoms with Crippen LogP contribution in [-0.4, -0.2) is 47.2 Å². The zero-order valence-electron chi connectivity index (χ0n) is 19.0. The summed E-state index contributed by atoms with van der Waals surface area (Å²) < 4.78 is 5.90. The fourth-order valence-corrected chi connectivity index (χ4v) is 4.84. The van der Waals surface area contributed by atoms with Gasteiger partial charge in [-0.15, -0.1) is 0 Å². The minimum Gasteiger partial charge on any atom is -0.379 e. The maximum atomic E-state index is 14.0. The van der Waals surface area contributed by atoms with Crippen LogP contribution in [0.3, 0.4) is 0 Å². The molecule has 1 atom stereocenters. The van der Waals surface area contributed by atoms with Crippen LogP contribution in [0.25, 0.3) is 10.8 Å². The van der Waals surface area contributed by atoms with Gasteiger partial charge in [-0.05, 0) is 28.5 Å². The molecular weight excluding hydrogens is 424 g/mol. The molecule has 1 N–H and O–H groups in total. The Hall–Kier alpha value is -3.54. The summed E-state index contributed by atoms with van der Waals surface area (Å²) >= 11 is 0. The van der Waals surface area contributed by atoms with Gasteiger partial charge in [0.1, 0.15) is 0 Å². The molecule has 0 bridgehead atoms. The second-order valence-electron chi connectivity index (χ2n) is 8.86. The number of amides is 1. The summed E-state index contributed by atoms with van der Waals surface area (Å²) in [5.74, 6) is -0.230. The van der Waals surface area contributed by atoms with E-state index < -0.39 is 5.60 Å². The topological polar surface area (TPSA) is 62.7 Å². The number of hydrogen-bond donors (Lipinski definition) is 1. The highest BCUT2D eigenvalue weighted by Gasteiger charge is 2.43. The lowest BCUT2D eigenvalue weighted by molar-refractivity contribution is -0.148. The van der Waals surface area contributed by atoms with E-state index in [4.69, 9.17) is 4.74 Å². The molecule has 1 aliphatic rings. The Balaban J connectivity index is 1.45. The molecule has 0 aliphatic carbocycles. The monoisotopic (exact) mass is 452 g/mol. The summed E-state index contributed by atoms with van der Waals surface area (Å²) in [4.78, 5) is 20.2. The van der Waals surface area contributed by atoms with Gasteiger partial charge in [0, 0.05) is 36.8 Å². The molecule has 1 saturated heterocycles. The van der Waals surface area contributed by atoms with Crippen LogP contribution in [-0.2, 0) is 21.6 Å². The minimum absolute atomic E-state index is 0.0925. The van der Waals surface area contributed by atoms with Gasteiger partial charge in [0.25, 0.3) is 5.91 Å². The third-order valence-electron chi connectivity index (χ3n) is 6.58. The molecule has 0 unspecified atom stereocenters. The highest BCUT2D eigenvalue weighted by Crippen LogP contribution is 2.33. The summed E-state index contributed by atoms with van der Waals surface area (Å²) in [5, 5.41) is 14.2. The van der Waals surface area contributed by atoms with E-state index in [1.54, 1.807) is 29.2 Å². The van der Waals surface area contributed by atoms with Crippen LogP contribution in [0.1, 0.15) is 16.7 Å². The van der Waals surface area contributed by atoms with E-state index in [0.717, 1.165) is 17.4 Å². The van der Waals surface area contributed by atoms with Crippen molar-refractivity contribution in [2.24, 2.45) is 5.92 Å². The number of hydrogen-bond acceptors (Lipinski definition) is 4. The summed E-state index contributed by atoms with van der Waals surface area (Å²) in [6.07, 6.45) is 4.52. The largest absolute Gasteiger partial charge is 0.379 e. The Morgan fingerprint density at radius 1 is 0.941 bits per heavy atom. The Kier molecular flexibility index (Phi) is 6.39. The smallest absolute Gasteiger partial charge is 0.264 e. The molecule has 4 aromatic rings. The Bertz CT molecular complexity index is 1220. The standard InChI is InChI=1S/C29H28N2O3/c32-28(29(33,25-10-3-1-4-11-25)26-12-5-2-6-13-26)31-15-16-34-21-22(20-31)17-24-19-30-18-23-9-7-8-14-27(23)24/h1-14,18-19,22,33H,15-17,20-21H2/t22-/m1/s1. The van der Waals surface area contributed by atoms with Gasteiger partial charge in [0.05, 0.1) is 13.2 Å². The first-order valence-electron chi connectivity index (χ1n) is 11.7. The lowest BCUT2D eigenvalue weighted by atomic mass is 9.84. The molecule has 5 heteroatoms. The maximum Gasteiger partial charge on any atom is 0.264 e. The molecular formula is C29H28N2O3. The first-order chi connectivity index (χ1) is 16.7. The van der Waals surface area contributed by atoms with E-state index >= 15 is 0 Å². The maximum absolute atomic E-state index is 14.0. The van der Waals surface area contributed by atoms with Gasteiger partial charge in [0.15, 0.2) is 5.60 Å². The van der Waals surface area contributed by atoms with Gasteiger partial charge >= 0.3 is 0 Å². The fourth-order valence-electron chi connectivity index (χ4n) is 4.84. The van der Waals surface area contributed by atoms with Crippen molar-refractivity contribution < 1.29 is 14.6 Å². The van der Waals surface area contributed by atoms with Crippen molar-refractivity contribution in [3.63, 3.8) is 0 Å². The summed E-state index contributed by atoms with van der Waals surface area (Å²) in [6, 6.07) is 26.6. The minimum atomic E-state index is -1.77. The molecule has 34 heavy (non-hydrogen) atoms. The van der Waals surface area contributed by atoms with Crippen molar-refractivity contribution >= 4 is 16.7 Å². The Morgan fingerprint density at radius 2 is 1.59 bits per heavy atom. The average Bonchev–Trinajstić information content (AvgIpc) is 3.14. The van der Waals surface area contributed by atoms with Crippen LogP contribution in [0, 0.1) is 5.92 Å². The van der Waals surface area contributed by atoms with Crippen molar-refractivity contribution in [1.29, 1.82) is 0 Å². The molecule has 1 aromatic heterocycles. The highest BCUT2D eigenvalue weighted by atomic mass is 16.5. The van der Waals surface area contributed by atoms with Crippen molar-refractivity contribution in [2.45, 2.75) is 12.0 Å². The highest BCUT2D eigenvalue weighted by molar-refractivity contribution is 5.90. The molecule has 1 amide bonds. The van der Waals surface area contributed by atoms with Crippen molar-refractivity contribution in [3.05, 3.63) is 114 Å². The number of rotatable bonds is 5. The molecule has 1 fully saturated rings. The number of carbonyl (C=O) groups excluding carboxylic acids is 1. The molecule has 0 spiro atoms. The number of fused-ring (bicyclic) bond motifs is 1. The summed E-state index contributed by atoms with van der Waals surface area (Å²) in [5.41, 5.74) is 0.498. The lowest BCUT2D eigenvalue weighted by Crippen LogP contribution is -2.49. The number of aromatic nitrogens is 1. The number of aliphatic hydroxyl groups is 1. The first-order valence-corrected chi connectivity index (χ1v) is 11.7. The van der Waals surface area contributed by atoms with Crippen LogP contribution >= 0.6 is 0 Å². The number of ether oxygens (including phenoxy) is 1. The number of pyridine rings is 1. The van der Waals surface area contributed by atoms with E-state index in [1.165, 1.54) is 5.39 Å². The van der Waals surface area contributed by atoms with Gasteiger partial charge in [-0.3, -0.25) is 9.78 Å². The van der Waals surface area contributed by atoms with Crippen LogP contribution < -0.4 is 0 Å². The average molecular weight is 453 g/mol. The van der Waals surface area contributed by atoms with E-state index in [1.807, 2.05) is 60.9 Å². The van der Waals surface area contributed by atoms with Crippen LogP contribution in [0.15, 0.2) is 97.3 Å². The predicted molar refractivity (Wildman–Crippen MR) is 132 cm³/mol. The van der Waals surface area contributed by atoms with E-state index in [0.29, 0.717) is 37.4 Å². The second kappa shape index (κ2) is 9.75.